The number of likely N-dealkylation sites (tertiary alicyclic amines) is 1. The summed E-state index contributed by atoms with van der Waals surface area (Å²) < 4.78 is 22.5. The molecule has 1 aliphatic rings. The van der Waals surface area contributed by atoms with Gasteiger partial charge in [0, 0.05) is 43.8 Å². The third-order valence-corrected chi connectivity index (χ3v) is 8.74. The quantitative estimate of drug-likeness (QED) is 0.230. The number of fused-ring (bicyclic) bond motifs is 1. The van der Waals surface area contributed by atoms with Gasteiger partial charge in [0.05, 0.1) is 14.0 Å². The Morgan fingerprint density at radius 3 is 2.48 bits per heavy atom. The van der Waals surface area contributed by atoms with Gasteiger partial charge in [-0.05, 0) is 56.0 Å². The predicted molar refractivity (Wildman–Crippen MR) is 181 cm³/mol. The normalized spacial score (nSPS) is 18.6. The van der Waals surface area contributed by atoms with Crippen molar-refractivity contribution in [3.63, 3.8) is 0 Å². The molecule has 0 radical (unpaired) electrons. The van der Waals surface area contributed by atoms with Crippen LogP contribution in [0.4, 0.5) is 4.79 Å². The number of nitrogens with one attached hydrogen (secondary N) is 2. The van der Waals surface area contributed by atoms with Gasteiger partial charge < -0.3 is 30.5 Å². The summed E-state index contributed by atoms with van der Waals surface area (Å²) in [5.41, 5.74) is 0.676. The van der Waals surface area contributed by atoms with Gasteiger partial charge in [0.25, 0.3) is 0 Å². The Labute approximate surface area is 310 Å². The molecule has 48 heavy (non-hydrogen) atoms. The molecule has 12 heteroatoms. The summed E-state index contributed by atoms with van der Waals surface area (Å²) in [4.78, 5) is 68.1. The first-order valence-electron chi connectivity index (χ1n) is 17.7. The maximum Gasteiger partial charge on any atom is 1.00 e. The fourth-order valence-electron chi connectivity index (χ4n) is 6.44. The zero-order valence-electron chi connectivity index (χ0n) is 31.8. The molecular weight excluding hydrogens is 623 g/mol. The Morgan fingerprint density at radius 2 is 1.88 bits per heavy atom. The van der Waals surface area contributed by atoms with Crippen molar-refractivity contribution in [2.24, 2.45) is 11.3 Å². The number of carbonyl (C=O) groups excluding carboxylic acids is 5. The van der Waals surface area contributed by atoms with Crippen LogP contribution in [0.15, 0.2) is 30.4 Å². The molecule has 1 aromatic heterocycles. The number of amides is 3. The number of hydrogen-bond acceptors (Lipinski definition) is 7. The summed E-state index contributed by atoms with van der Waals surface area (Å²) in [6, 6.07) is 2.73. The van der Waals surface area contributed by atoms with Crippen molar-refractivity contribution in [1.82, 2.24) is 20.1 Å². The second kappa shape index (κ2) is 20.1. The van der Waals surface area contributed by atoms with Gasteiger partial charge in [-0.3, -0.25) is 19.0 Å². The molecule has 1 aromatic carbocycles. The van der Waals surface area contributed by atoms with Crippen molar-refractivity contribution in [1.29, 1.82) is 0 Å². The second-order valence-corrected chi connectivity index (χ2v) is 13.6. The summed E-state index contributed by atoms with van der Waals surface area (Å²) in [5.74, 6) is -1.98. The number of carbonyl (C=O) groups is 4. The van der Waals surface area contributed by atoms with Gasteiger partial charge in [0.2, 0.25) is 17.7 Å². The topological polar surface area (TPSA) is 157 Å². The van der Waals surface area contributed by atoms with Crippen LogP contribution in [0.1, 0.15) is 108 Å². The minimum Gasteiger partial charge on any atom is -0.870 e. The molecule has 11 nitrogen and oxygen atoms in total. The Hall–Kier alpha value is -2.73. The number of methoxy groups -OCH3 is 1. The Balaban J connectivity index is 0.00000625. The maximum atomic E-state index is 14.2. The molecule has 1 saturated heterocycles. The van der Waals surface area contributed by atoms with Crippen LogP contribution in [-0.4, -0.2) is 76.3 Å². The van der Waals surface area contributed by atoms with Gasteiger partial charge >= 0.3 is 35.7 Å². The Morgan fingerprint density at radius 1 is 1.15 bits per heavy atom. The number of aromatic nitrogens is 1. The van der Waals surface area contributed by atoms with Crippen LogP contribution >= 0.6 is 0 Å². The number of para-hydroxylation sites is 1. The van der Waals surface area contributed by atoms with Crippen LogP contribution in [0.2, 0.25) is 0 Å². The number of piperidine rings is 1. The van der Waals surface area contributed by atoms with Crippen LogP contribution in [0.25, 0.3) is 10.9 Å². The van der Waals surface area contributed by atoms with E-state index in [9.17, 15) is 24.0 Å². The van der Waals surface area contributed by atoms with E-state index in [-0.39, 0.29) is 84.2 Å². The first-order valence-corrected chi connectivity index (χ1v) is 16.5. The van der Waals surface area contributed by atoms with Gasteiger partial charge in [-0.1, -0.05) is 78.1 Å². The SMILES string of the molecule is [2H]C[C@@H]1CCC[C@H](CC)N1C(=O)C[C@@H](CC(C)(C)C)C(=O)N[C@H](Cc1cn(C(=O)OC)c2ccc([2H])cc12)C(=O)N[C@@H]([C-]=O)CCCC.[Na+].[OH-]. The van der Waals surface area contributed by atoms with Crippen molar-refractivity contribution in [2.75, 3.05) is 7.11 Å². The first-order chi connectivity index (χ1) is 22.8. The molecule has 2 heterocycles. The molecule has 1 aliphatic heterocycles. The summed E-state index contributed by atoms with van der Waals surface area (Å²) in [6.45, 7) is 10.1. The van der Waals surface area contributed by atoms with E-state index in [0.29, 0.717) is 35.7 Å². The van der Waals surface area contributed by atoms with Crippen LogP contribution < -0.4 is 40.2 Å². The third-order valence-electron chi connectivity index (χ3n) is 8.74. The van der Waals surface area contributed by atoms with Crippen molar-refractivity contribution in [3.05, 3.63) is 36.0 Å². The number of hydrogen-bond donors (Lipinski definition) is 2. The zero-order valence-corrected chi connectivity index (χ0v) is 31.8. The largest absolute Gasteiger partial charge is 1.00 e. The van der Waals surface area contributed by atoms with E-state index in [1.165, 1.54) is 17.9 Å². The van der Waals surface area contributed by atoms with Crippen LogP contribution in [0, 0.1) is 11.3 Å². The fourth-order valence-corrected chi connectivity index (χ4v) is 6.44. The van der Waals surface area contributed by atoms with Crippen LogP contribution in [0.5, 0.6) is 0 Å². The predicted octanol–water partition coefficient (Wildman–Crippen LogP) is 2.52. The molecular formula is C36H54N4NaO7-. The molecule has 0 unspecified atom stereocenters. The minimum absolute atomic E-state index is 0. The van der Waals surface area contributed by atoms with Crippen LogP contribution in [0.3, 0.4) is 0 Å². The van der Waals surface area contributed by atoms with Gasteiger partial charge in [-0.15, -0.1) is 0 Å². The van der Waals surface area contributed by atoms with Gasteiger partial charge in [-0.2, -0.15) is 0 Å². The van der Waals surface area contributed by atoms with Crippen molar-refractivity contribution >= 4 is 41.0 Å². The number of nitrogens with zero attached hydrogens (tertiary/aromatic N) is 2. The standard InChI is InChI=1S/C36H53N4O6.Na.H2O/c1-8-10-15-27(23-41)37-34(44)30(19-26-22-39(35(45)46-7)31-18-12-11-17-29(26)31)38-33(43)25(21-36(4,5)6)20-32(42)40-24(3)14-13-16-28(40)9-2;;/h11-12,17-18,22,24-25,27-28,30H,8-10,13-16,19-21H2,1-7H3,(H,37,44)(H,38,43);;1H2/q-1;+1;/p-1/t24-,25+,27-,28+,30-;;/m1../s1/i3D,11D;;. The fraction of sp³-hybridized carbons (Fsp3) is 0.639. The number of rotatable bonds is 14. The molecule has 3 rings (SSSR count). The third kappa shape index (κ3) is 11.7. The molecule has 5 atom stereocenters. The van der Waals surface area contributed by atoms with Crippen molar-refractivity contribution in [3.8, 4) is 0 Å². The number of benzene rings is 1. The Kier molecular flexibility index (Phi) is 16.6. The second-order valence-electron chi connectivity index (χ2n) is 13.6. The Bertz CT molecular complexity index is 1440. The first kappa shape index (κ1) is 39.7. The smallest absolute Gasteiger partial charge is 0.870 e. The molecule has 2 aromatic rings. The summed E-state index contributed by atoms with van der Waals surface area (Å²) >= 11 is 0. The molecule has 0 spiro atoms. The van der Waals surface area contributed by atoms with Crippen molar-refractivity contribution in [2.45, 2.75) is 130 Å². The number of ether oxygens (including phenoxy) is 1. The van der Waals surface area contributed by atoms with Crippen LogP contribution in [-0.2, 0) is 30.3 Å². The van der Waals surface area contributed by atoms with E-state index >= 15 is 0 Å². The summed E-state index contributed by atoms with van der Waals surface area (Å²) in [6.07, 6.45) is 8.28. The van der Waals surface area contributed by atoms with E-state index < -0.39 is 35.9 Å². The monoisotopic (exact) mass is 679 g/mol. The van der Waals surface area contributed by atoms with Gasteiger partial charge in [0.1, 0.15) is 6.04 Å². The summed E-state index contributed by atoms with van der Waals surface area (Å²) in [5, 5.41) is 6.17. The van der Waals surface area contributed by atoms with Gasteiger partial charge in [0.15, 0.2) is 0 Å². The average Bonchev–Trinajstić information content (AvgIpc) is 3.41. The van der Waals surface area contributed by atoms with E-state index in [1.54, 1.807) is 18.2 Å². The molecule has 0 aliphatic carbocycles. The molecule has 0 saturated carbocycles. The average molecular weight is 680 g/mol. The summed E-state index contributed by atoms with van der Waals surface area (Å²) in [7, 11) is 1.26. The minimum atomic E-state index is -1.17. The number of unbranched alkanes of at least 4 members (excludes halogenated alkanes) is 1. The van der Waals surface area contributed by atoms with E-state index in [1.807, 2.05) is 45.8 Å². The molecule has 262 valence electrons. The molecule has 1 fully saturated rings. The molecule has 3 amide bonds. The van der Waals surface area contributed by atoms with Crippen molar-refractivity contribution < 1.29 is 66.5 Å². The zero-order chi connectivity index (χ0) is 35.6. The van der Waals surface area contributed by atoms with Gasteiger partial charge in [-0.25, -0.2) is 11.1 Å². The molecule has 0 bridgehead atoms. The maximum absolute atomic E-state index is 14.2. The molecule has 3 N–H and O–H groups in total. The van der Waals surface area contributed by atoms with E-state index in [4.69, 9.17) is 7.48 Å². The van der Waals surface area contributed by atoms with E-state index in [2.05, 4.69) is 10.6 Å². The van der Waals surface area contributed by atoms with E-state index in [0.717, 1.165) is 32.1 Å².